The number of ether oxygens (including phenoxy) is 1. The minimum Gasteiger partial charge on any atom is -0.396 e. The summed E-state index contributed by atoms with van der Waals surface area (Å²) in [5.74, 6) is 0. The lowest BCUT2D eigenvalue weighted by Gasteiger charge is -2.30. The Balaban J connectivity index is 2.66. The van der Waals surface area contributed by atoms with Gasteiger partial charge >= 0.3 is 0 Å². The highest BCUT2D eigenvalue weighted by molar-refractivity contribution is 9.10. The van der Waals surface area contributed by atoms with Crippen LogP contribution in [0.15, 0.2) is 22.7 Å². The van der Waals surface area contributed by atoms with Crippen molar-refractivity contribution in [3.8, 4) is 0 Å². The number of hydrogen-bond donors (Lipinski definition) is 2. The molecule has 102 valence electrons. The highest BCUT2D eigenvalue weighted by Gasteiger charge is 2.23. The van der Waals surface area contributed by atoms with Gasteiger partial charge in [0.1, 0.15) is 0 Å². The third kappa shape index (κ3) is 4.69. The average molecular weight is 316 g/mol. The van der Waals surface area contributed by atoms with E-state index >= 15 is 0 Å². The number of rotatable bonds is 7. The molecule has 0 amide bonds. The van der Waals surface area contributed by atoms with E-state index in [9.17, 15) is 0 Å². The molecule has 3 nitrogen and oxygen atoms in total. The monoisotopic (exact) mass is 315 g/mol. The van der Waals surface area contributed by atoms with Gasteiger partial charge in [0.2, 0.25) is 0 Å². The van der Waals surface area contributed by atoms with Crippen LogP contribution >= 0.6 is 15.9 Å². The summed E-state index contributed by atoms with van der Waals surface area (Å²) in [5, 5.41) is 12.6. The highest BCUT2D eigenvalue weighted by atomic mass is 79.9. The molecule has 1 aromatic rings. The quantitative estimate of drug-likeness (QED) is 0.812. The van der Waals surface area contributed by atoms with Crippen LogP contribution in [0.3, 0.4) is 0 Å². The third-order valence-electron chi connectivity index (χ3n) is 3.04. The van der Waals surface area contributed by atoms with Gasteiger partial charge in [0.15, 0.2) is 0 Å². The first kappa shape index (κ1) is 15.6. The maximum Gasteiger partial charge on any atom is 0.0642 e. The fraction of sp³-hybridized carbons (Fsp3) is 0.571. The SMILES string of the molecule is COC[C@](C)(CCO)NCc1ccc(C)cc1Br. The van der Waals surface area contributed by atoms with Crippen LogP contribution in [-0.2, 0) is 11.3 Å². The molecule has 0 radical (unpaired) electrons. The number of aliphatic hydroxyl groups is 1. The predicted molar refractivity (Wildman–Crippen MR) is 77.7 cm³/mol. The summed E-state index contributed by atoms with van der Waals surface area (Å²) in [6.07, 6.45) is 0.671. The van der Waals surface area contributed by atoms with E-state index in [4.69, 9.17) is 9.84 Å². The molecule has 0 saturated heterocycles. The number of aryl methyl sites for hydroxylation is 1. The average Bonchev–Trinajstić information content (AvgIpc) is 2.28. The number of halogens is 1. The molecule has 0 bridgehead atoms. The van der Waals surface area contributed by atoms with Gasteiger partial charge in [-0.2, -0.15) is 0 Å². The van der Waals surface area contributed by atoms with Gasteiger partial charge in [0.05, 0.1) is 6.61 Å². The lowest BCUT2D eigenvalue weighted by atomic mass is 9.99. The molecule has 0 aliphatic rings. The molecule has 2 N–H and O–H groups in total. The molecule has 0 fully saturated rings. The summed E-state index contributed by atoms with van der Waals surface area (Å²) >= 11 is 3.57. The van der Waals surface area contributed by atoms with Crippen LogP contribution in [0, 0.1) is 6.92 Å². The largest absolute Gasteiger partial charge is 0.396 e. The summed E-state index contributed by atoms with van der Waals surface area (Å²) in [5.41, 5.74) is 2.25. The molecule has 0 unspecified atom stereocenters. The van der Waals surface area contributed by atoms with Gasteiger partial charge in [-0.15, -0.1) is 0 Å². The number of nitrogens with one attached hydrogen (secondary N) is 1. The van der Waals surface area contributed by atoms with E-state index < -0.39 is 0 Å². The highest BCUT2D eigenvalue weighted by Crippen LogP contribution is 2.19. The molecular weight excluding hydrogens is 294 g/mol. The van der Waals surface area contributed by atoms with Gasteiger partial charge in [0.25, 0.3) is 0 Å². The molecule has 0 saturated carbocycles. The molecule has 0 spiro atoms. The maximum atomic E-state index is 9.11. The van der Waals surface area contributed by atoms with E-state index in [2.05, 4.69) is 53.3 Å². The Bertz CT molecular complexity index is 376. The van der Waals surface area contributed by atoms with E-state index in [0.717, 1.165) is 11.0 Å². The zero-order valence-corrected chi connectivity index (χ0v) is 12.9. The van der Waals surface area contributed by atoms with Crippen molar-refractivity contribution in [2.45, 2.75) is 32.4 Å². The summed E-state index contributed by atoms with van der Waals surface area (Å²) in [4.78, 5) is 0. The van der Waals surface area contributed by atoms with Crippen LogP contribution in [0.1, 0.15) is 24.5 Å². The van der Waals surface area contributed by atoms with E-state index in [1.807, 2.05) is 0 Å². The van der Waals surface area contributed by atoms with Gasteiger partial charge in [-0.25, -0.2) is 0 Å². The smallest absolute Gasteiger partial charge is 0.0642 e. The van der Waals surface area contributed by atoms with E-state index in [1.165, 1.54) is 11.1 Å². The van der Waals surface area contributed by atoms with Crippen molar-refractivity contribution in [3.63, 3.8) is 0 Å². The second kappa shape index (κ2) is 7.24. The Hall–Kier alpha value is -0.420. The van der Waals surface area contributed by atoms with Crippen LogP contribution in [-0.4, -0.2) is 31.0 Å². The van der Waals surface area contributed by atoms with Gasteiger partial charge in [-0.1, -0.05) is 28.1 Å². The Morgan fingerprint density at radius 3 is 2.72 bits per heavy atom. The zero-order chi connectivity index (χ0) is 13.6. The van der Waals surface area contributed by atoms with Crippen molar-refractivity contribution in [1.82, 2.24) is 5.32 Å². The third-order valence-corrected chi connectivity index (χ3v) is 3.78. The lowest BCUT2D eigenvalue weighted by molar-refractivity contribution is 0.0969. The second-order valence-electron chi connectivity index (χ2n) is 4.92. The summed E-state index contributed by atoms with van der Waals surface area (Å²) in [6, 6.07) is 6.32. The fourth-order valence-electron chi connectivity index (χ4n) is 1.88. The summed E-state index contributed by atoms with van der Waals surface area (Å²) < 4.78 is 6.32. The molecule has 1 atom stereocenters. The zero-order valence-electron chi connectivity index (χ0n) is 11.3. The number of aliphatic hydroxyl groups excluding tert-OH is 1. The minimum absolute atomic E-state index is 0.155. The molecule has 0 aliphatic heterocycles. The number of hydrogen-bond acceptors (Lipinski definition) is 3. The van der Waals surface area contributed by atoms with Crippen molar-refractivity contribution in [1.29, 1.82) is 0 Å². The molecule has 0 heterocycles. The second-order valence-corrected chi connectivity index (χ2v) is 5.77. The van der Waals surface area contributed by atoms with Crippen LogP contribution in [0.5, 0.6) is 0 Å². The topological polar surface area (TPSA) is 41.5 Å². The minimum atomic E-state index is -0.201. The van der Waals surface area contributed by atoms with Crippen molar-refractivity contribution < 1.29 is 9.84 Å². The van der Waals surface area contributed by atoms with E-state index in [-0.39, 0.29) is 12.1 Å². The molecule has 0 aromatic heterocycles. The van der Waals surface area contributed by atoms with Gasteiger partial charge in [-0.05, 0) is 37.5 Å². The Labute approximate surface area is 118 Å². The normalized spacial score (nSPS) is 14.5. The summed E-state index contributed by atoms with van der Waals surface area (Å²) in [7, 11) is 1.68. The van der Waals surface area contributed by atoms with Crippen LogP contribution < -0.4 is 5.32 Å². The molecular formula is C14H22BrNO2. The van der Waals surface area contributed by atoms with Crippen molar-refractivity contribution in [2.24, 2.45) is 0 Å². The maximum absolute atomic E-state index is 9.11. The predicted octanol–water partition coefficient (Wildman–Crippen LogP) is 2.63. The fourth-order valence-corrected chi connectivity index (χ4v) is 2.51. The Morgan fingerprint density at radius 2 is 2.17 bits per heavy atom. The van der Waals surface area contributed by atoms with E-state index in [0.29, 0.717) is 13.0 Å². The van der Waals surface area contributed by atoms with Gasteiger partial charge < -0.3 is 15.2 Å². The standard InChI is InChI=1S/C14H22BrNO2/c1-11-4-5-12(13(15)8-11)9-16-14(2,6-7-17)10-18-3/h4-5,8,16-17H,6-7,9-10H2,1-3H3/t14-/m0/s1. The van der Waals surface area contributed by atoms with Gasteiger partial charge in [-0.3, -0.25) is 0 Å². The Kier molecular flexibility index (Phi) is 6.29. The first-order valence-corrected chi connectivity index (χ1v) is 6.90. The molecule has 4 heteroatoms. The number of methoxy groups -OCH3 is 1. The van der Waals surface area contributed by atoms with Crippen LogP contribution in [0.4, 0.5) is 0 Å². The summed E-state index contributed by atoms with van der Waals surface area (Å²) in [6.45, 7) is 5.62. The first-order valence-electron chi connectivity index (χ1n) is 6.10. The Morgan fingerprint density at radius 1 is 1.44 bits per heavy atom. The first-order chi connectivity index (χ1) is 8.50. The molecule has 18 heavy (non-hydrogen) atoms. The van der Waals surface area contributed by atoms with E-state index in [1.54, 1.807) is 7.11 Å². The van der Waals surface area contributed by atoms with Gasteiger partial charge in [0, 0.05) is 30.3 Å². The lowest BCUT2D eigenvalue weighted by Crippen LogP contribution is -2.46. The van der Waals surface area contributed by atoms with Crippen molar-refractivity contribution >= 4 is 15.9 Å². The van der Waals surface area contributed by atoms with Crippen molar-refractivity contribution in [2.75, 3.05) is 20.3 Å². The molecule has 1 rings (SSSR count). The molecule has 0 aliphatic carbocycles. The number of benzene rings is 1. The van der Waals surface area contributed by atoms with Crippen LogP contribution in [0.2, 0.25) is 0 Å². The molecule has 1 aromatic carbocycles. The van der Waals surface area contributed by atoms with Crippen LogP contribution in [0.25, 0.3) is 0 Å². The van der Waals surface area contributed by atoms with Crippen molar-refractivity contribution in [3.05, 3.63) is 33.8 Å².